The van der Waals surface area contributed by atoms with Gasteiger partial charge in [-0.2, -0.15) is 0 Å². The van der Waals surface area contributed by atoms with Gasteiger partial charge in [0.2, 0.25) is 0 Å². The van der Waals surface area contributed by atoms with Crippen LogP contribution in [0.15, 0.2) is 30.3 Å². The van der Waals surface area contributed by atoms with Crippen molar-refractivity contribution in [1.82, 2.24) is 0 Å². The van der Waals surface area contributed by atoms with Crippen molar-refractivity contribution >= 4 is 0 Å². The van der Waals surface area contributed by atoms with Gasteiger partial charge in [0.25, 0.3) is 6.43 Å². The predicted octanol–water partition coefficient (Wildman–Crippen LogP) is 2.77. The van der Waals surface area contributed by atoms with Crippen LogP contribution in [0.1, 0.15) is 25.3 Å². The van der Waals surface area contributed by atoms with Gasteiger partial charge in [-0.25, -0.2) is 8.78 Å². The van der Waals surface area contributed by atoms with Gasteiger partial charge in [-0.3, -0.25) is 0 Å². The predicted molar refractivity (Wildman–Crippen MR) is 53.5 cm³/mol. The maximum absolute atomic E-state index is 12.6. The van der Waals surface area contributed by atoms with Crippen LogP contribution in [0.25, 0.3) is 0 Å². The van der Waals surface area contributed by atoms with Gasteiger partial charge in [0.05, 0.1) is 5.54 Å². The van der Waals surface area contributed by atoms with Gasteiger partial charge in [0, 0.05) is 5.92 Å². The Hall–Kier alpha value is -0.960. The van der Waals surface area contributed by atoms with Crippen molar-refractivity contribution < 1.29 is 8.78 Å². The Morgan fingerprint density at radius 1 is 1.21 bits per heavy atom. The number of halogens is 2. The SMILES string of the molecule is CC(c1ccccc1)C(C)(N)C(F)F. The first-order valence-electron chi connectivity index (χ1n) is 4.58. The number of benzene rings is 1. The summed E-state index contributed by atoms with van der Waals surface area (Å²) in [5.41, 5.74) is 4.96. The summed E-state index contributed by atoms with van der Waals surface area (Å²) in [5.74, 6) is -0.358. The molecular formula is C11H15F2N. The molecule has 2 atom stereocenters. The first kappa shape index (κ1) is 11.1. The van der Waals surface area contributed by atoms with Gasteiger partial charge >= 0.3 is 0 Å². The van der Waals surface area contributed by atoms with E-state index in [-0.39, 0.29) is 5.92 Å². The number of alkyl halides is 2. The highest BCUT2D eigenvalue weighted by Gasteiger charge is 2.36. The molecule has 0 aliphatic carbocycles. The minimum atomic E-state index is -2.52. The van der Waals surface area contributed by atoms with Gasteiger partial charge in [0.15, 0.2) is 0 Å². The van der Waals surface area contributed by atoms with Gasteiger partial charge in [-0.1, -0.05) is 37.3 Å². The van der Waals surface area contributed by atoms with E-state index in [1.165, 1.54) is 6.92 Å². The minimum Gasteiger partial charge on any atom is -0.320 e. The molecule has 78 valence electrons. The van der Waals surface area contributed by atoms with E-state index < -0.39 is 12.0 Å². The summed E-state index contributed by atoms with van der Waals surface area (Å²) in [6.07, 6.45) is -2.52. The molecule has 0 aliphatic rings. The summed E-state index contributed by atoms with van der Waals surface area (Å²) in [4.78, 5) is 0. The molecule has 1 aromatic rings. The van der Waals surface area contributed by atoms with Crippen molar-refractivity contribution in [3.63, 3.8) is 0 Å². The molecule has 0 saturated heterocycles. The third-order valence-electron chi connectivity index (χ3n) is 2.70. The lowest BCUT2D eigenvalue weighted by molar-refractivity contribution is 0.0509. The summed E-state index contributed by atoms with van der Waals surface area (Å²) in [7, 11) is 0. The summed E-state index contributed by atoms with van der Waals surface area (Å²) >= 11 is 0. The van der Waals surface area contributed by atoms with Gasteiger partial charge < -0.3 is 5.73 Å². The maximum atomic E-state index is 12.6. The zero-order chi connectivity index (χ0) is 10.8. The average molecular weight is 199 g/mol. The monoisotopic (exact) mass is 199 g/mol. The van der Waals surface area contributed by atoms with Crippen molar-refractivity contribution in [2.75, 3.05) is 0 Å². The quantitative estimate of drug-likeness (QED) is 0.795. The second kappa shape index (κ2) is 4.05. The number of rotatable bonds is 3. The standard InChI is InChI=1S/C11H15F2N/c1-8(11(2,14)10(12)13)9-6-4-3-5-7-9/h3-8,10H,14H2,1-2H3. The summed E-state index contributed by atoms with van der Waals surface area (Å²) in [6.45, 7) is 3.11. The van der Waals surface area contributed by atoms with Gasteiger partial charge in [0.1, 0.15) is 0 Å². The highest BCUT2D eigenvalue weighted by atomic mass is 19.3. The molecule has 0 spiro atoms. The Morgan fingerprint density at radius 3 is 2.14 bits per heavy atom. The smallest absolute Gasteiger partial charge is 0.256 e. The van der Waals surface area contributed by atoms with E-state index in [4.69, 9.17) is 5.73 Å². The van der Waals surface area contributed by atoms with Crippen molar-refractivity contribution in [3.05, 3.63) is 35.9 Å². The maximum Gasteiger partial charge on any atom is 0.256 e. The molecule has 0 bridgehead atoms. The molecule has 0 radical (unpaired) electrons. The van der Waals surface area contributed by atoms with Gasteiger partial charge in [-0.15, -0.1) is 0 Å². The summed E-state index contributed by atoms with van der Waals surface area (Å²) < 4.78 is 25.2. The number of nitrogens with two attached hydrogens (primary N) is 1. The second-order valence-corrected chi connectivity index (χ2v) is 3.80. The van der Waals surface area contributed by atoms with Crippen LogP contribution in [0, 0.1) is 0 Å². The van der Waals surface area contributed by atoms with E-state index in [9.17, 15) is 8.78 Å². The molecular weight excluding hydrogens is 184 g/mol. The molecule has 0 saturated carbocycles. The Balaban J connectivity index is 2.90. The topological polar surface area (TPSA) is 26.0 Å². The second-order valence-electron chi connectivity index (χ2n) is 3.80. The number of hydrogen-bond acceptors (Lipinski definition) is 1. The lowest BCUT2D eigenvalue weighted by atomic mass is 9.83. The lowest BCUT2D eigenvalue weighted by Crippen LogP contribution is -2.48. The lowest BCUT2D eigenvalue weighted by Gasteiger charge is -2.31. The molecule has 14 heavy (non-hydrogen) atoms. The Morgan fingerprint density at radius 2 is 1.71 bits per heavy atom. The largest absolute Gasteiger partial charge is 0.320 e. The molecule has 0 aromatic heterocycles. The normalized spacial score (nSPS) is 17.9. The zero-order valence-corrected chi connectivity index (χ0v) is 8.37. The fourth-order valence-corrected chi connectivity index (χ4v) is 1.29. The van der Waals surface area contributed by atoms with Crippen molar-refractivity contribution in [3.8, 4) is 0 Å². The molecule has 3 heteroatoms. The third kappa shape index (κ3) is 2.10. The highest BCUT2D eigenvalue weighted by molar-refractivity contribution is 5.22. The zero-order valence-electron chi connectivity index (χ0n) is 8.37. The van der Waals surface area contributed by atoms with Gasteiger partial charge in [-0.05, 0) is 12.5 Å². The molecule has 1 aromatic carbocycles. The molecule has 0 fully saturated rings. The van der Waals surface area contributed by atoms with Crippen LogP contribution in [0.4, 0.5) is 8.78 Å². The van der Waals surface area contributed by atoms with Crippen LogP contribution in [-0.4, -0.2) is 12.0 Å². The van der Waals surface area contributed by atoms with Crippen LogP contribution < -0.4 is 5.73 Å². The summed E-state index contributed by atoms with van der Waals surface area (Å²) in [6, 6.07) is 9.14. The molecule has 0 amide bonds. The molecule has 1 nitrogen and oxygen atoms in total. The van der Waals surface area contributed by atoms with Crippen LogP contribution in [0.3, 0.4) is 0 Å². The van der Waals surface area contributed by atoms with Crippen LogP contribution >= 0.6 is 0 Å². The first-order valence-corrected chi connectivity index (χ1v) is 4.58. The van der Waals surface area contributed by atoms with E-state index >= 15 is 0 Å². The van der Waals surface area contributed by atoms with Crippen LogP contribution in [-0.2, 0) is 0 Å². The van der Waals surface area contributed by atoms with Crippen molar-refractivity contribution in [2.24, 2.45) is 5.73 Å². The van der Waals surface area contributed by atoms with E-state index in [2.05, 4.69) is 0 Å². The Kier molecular flexibility index (Phi) is 3.21. The third-order valence-corrected chi connectivity index (χ3v) is 2.70. The van der Waals surface area contributed by atoms with Crippen molar-refractivity contribution in [2.45, 2.75) is 31.7 Å². The minimum absolute atomic E-state index is 0.358. The van der Waals surface area contributed by atoms with Crippen LogP contribution in [0.5, 0.6) is 0 Å². The fraction of sp³-hybridized carbons (Fsp3) is 0.455. The van der Waals surface area contributed by atoms with Crippen molar-refractivity contribution in [1.29, 1.82) is 0 Å². The van der Waals surface area contributed by atoms with E-state index in [1.807, 2.05) is 30.3 Å². The van der Waals surface area contributed by atoms with E-state index in [0.717, 1.165) is 5.56 Å². The first-order chi connectivity index (χ1) is 6.46. The Labute approximate surface area is 82.9 Å². The Bertz CT molecular complexity index is 283. The molecule has 0 aliphatic heterocycles. The molecule has 1 rings (SSSR count). The molecule has 2 unspecified atom stereocenters. The fourth-order valence-electron chi connectivity index (χ4n) is 1.29. The van der Waals surface area contributed by atoms with E-state index in [1.54, 1.807) is 6.92 Å². The van der Waals surface area contributed by atoms with Crippen LogP contribution in [0.2, 0.25) is 0 Å². The van der Waals surface area contributed by atoms with E-state index in [0.29, 0.717) is 0 Å². The summed E-state index contributed by atoms with van der Waals surface area (Å²) in [5, 5.41) is 0. The number of hydrogen-bond donors (Lipinski definition) is 1. The average Bonchev–Trinajstić information content (AvgIpc) is 2.17. The highest BCUT2D eigenvalue weighted by Crippen LogP contribution is 2.30. The molecule has 2 N–H and O–H groups in total. The molecule has 0 heterocycles.